The highest BCUT2D eigenvalue weighted by atomic mass is 32.1. The van der Waals surface area contributed by atoms with Crippen LogP contribution in [0.2, 0.25) is 0 Å². The average Bonchev–Trinajstić information content (AvgIpc) is 2.73. The molecule has 1 aromatic heterocycles. The quantitative estimate of drug-likeness (QED) is 0.900. The molecular formula is C14H19N3OS. The number of nitriles is 1. The van der Waals surface area contributed by atoms with Crippen molar-refractivity contribution >= 4 is 17.2 Å². The lowest BCUT2D eigenvalue weighted by Gasteiger charge is -2.35. The monoisotopic (exact) mass is 277 g/mol. The van der Waals surface area contributed by atoms with Crippen molar-refractivity contribution in [1.29, 1.82) is 5.26 Å². The van der Waals surface area contributed by atoms with Crippen LogP contribution in [-0.2, 0) is 0 Å². The molecule has 0 bridgehead atoms. The summed E-state index contributed by atoms with van der Waals surface area (Å²) in [5.74, 6) is -0.118. The third-order valence-electron chi connectivity index (χ3n) is 3.80. The lowest BCUT2D eigenvalue weighted by atomic mass is 9.89. The molecule has 19 heavy (non-hydrogen) atoms. The molecule has 1 aliphatic rings. The van der Waals surface area contributed by atoms with Crippen molar-refractivity contribution in [2.24, 2.45) is 0 Å². The summed E-state index contributed by atoms with van der Waals surface area (Å²) in [6.07, 6.45) is 1.38. The van der Waals surface area contributed by atoms with E-state index in [0.717, 1.165) is 23.5 Å². The Hall–Kier alpha value is -1.38. The van der Waals surface area contributed by atoms with Crippen molar-refractivity contribution in [2.75, 3.05) is 20.1 Å². The van der Waals surface area contributed by atoms with Crippen LogP contribution in [0.4, 0.5) is 0 Å². The first-order valence-corrected chi connectivity index (χ1v) is 7.27. The van der Waals surface area contributed by atoms with Gasteiger partial charge in [0.2, 0.25) is 0 Å². The van der Waals surface area contributed by atoms with Crippen LogP contribution in [0.15, 0.2) is 6.07 Å². The van der Waals surface area contributed by atoms with Crippen molar-refractivity contribution in [3.05, 3.63) is 21.4 Å². The molecule has 5 heteroatoms. The van der Waals surface area contributed by atoms with Crippen LogP contribution in [0.5, 0.6) is 0 Å². The maximum absolute atomic E-state index is 12.3. The number of piperidine rings is 1. The zero-order valence-electron chi connectivity index (χ0n) is 11.6. The first-order valence-electron chi connectivity index (χ1n) is 6.45. The lowest BCUT2D eigenvalue weighted by molar-refractivity contribution is 0.0886. The third kappa shape index (κ3) is 2.96. The number of hydrogen-bond acceptors (Lipinski definition) is 4. The van der Waals surface area contributed by atoms with Gasteiger partial charge in [-0.1, -0.05) is 0 Å². The van der Waals surface area contributed by atoms with Gasteiger partial charge in [0, 0.05) is 18.0 Å². The molecule has 2 rings (SSSR count). The van der Waals surface area contributed by atoms with Gasteiger partial charge >= 0.3 is 0 Å². The summed E-state index contributed by atoms with van der Waals surface area (Å²) in [6.45, 7) is 5.69. The molecule has 2 heterocycles. The standard InChI is InChI=1S/C14H19N3OS/c1-10-8-12(19-11(10)2)13(18)16-14(9-15)4-6-17(3)7-5-14/h8H,4-7H2,1-3H3,(H,16,18). The zero-order valence-corrected chi connectivity index (χ0v) is 12.4. The Morgan fingerprint density at radius 3 is 2.58 bits per heavy atom. The molecule has 0 atom stereocenters. The first-order chi connectivity index (χ1) is 8.96. The van der Waals surface area contributed by atoms with Gasteiger partial charge in [0.25, 0.3) is 5.91 Å². The number of rotatable bonds is 2. The summed E-state index contributed by atoms with van der Waals surface area (Å²) < 4.78 is 0. The van der Waals surface area contributed by atoms with Crippen LogP contribution in [0.3, 0.4) is 0 Å². The van der Waals surface area contributed by atoms with Crippen LogP contribution in [0, 0.1) is 25.2 Å². The Labute approximate surface area is 118 Å². The number of aryl methyl sites for hydroxylation is 2. The summed E-state index contributed by atoms with van der Waals surface area (Å²) in [7, 11) is 2.04. The summed E-state index contributed by atoms with van der Waals surface area (Å²) in [5, 5.41) is 12.3. The molecule has 1 amide bonds. The second-order valence-corrected chi connectivity index (χ2v) is 6.56. The average molecular weight is 277 g/mol. The smallest absolute Gasteiger partial charge is 0.262 e. The molecule has 0 radical (unpaired) electrons. The summed E-state index contributed by atoms with van der Waals surface area (Å²) in [6, 6.07) is 4.20. The number of carbonyl (C=O) groups excluding carboxylic acids is 1. The molecule has 1 aliphatic heterocycles. The Morgan fingerprint density at radius 1 is 1.47 bits per heavy atom. The van der Waals surface area contributed by atoms with E-state index in [1.165, 1.54) is 11.3 Å². The second kappa shape index (κ2) is 5.32. The maximum atomic E-state index is 12.3. The van der Waals surface area contributed by atoms with E-state index in [0.29, 0.717) is 17.7 Å². The molecule has 0 spiro atoms. The van der Waals surface area contributed by atoms with Gasteiger partial charge in [-0.25, -0.2) is 0 Å². The van der Waals surface area contributed by atoms with Crippen LogP contribution in [0.25, 0.3) is 0 Å². The Morgan fingerprint density at radius 2 is 2.11 bits per heavy atom. The molecule has 1 fully saturated rings. The van der Waals surface area contributed by atoms with Crippen molar-refractivity contribution in [3.8, 4) is 6.07 Å². The number of carbonyl (C=O) groups is 1. The molecule has 0 saturated carbocycles. The minimum absolute atomic E-state index is 0.118. The SMILES string of the molecule is Cc1cc(C(=O)NC2(C#N)CCN(C)CC2)sc1C. The Balaban J connectivity index is 2.11. The zero-order chi connectivity index (χ0) is 14.0. The van der Waals surface area contributed by atoms with E-state index in [4.69, 9.17) is 0 Å². The predicted octanol–water partition coefficient (Wildman–Crippen LogP) is 2.08. The van der Waals surface area contributed by atoms with Gasteiger partial charge in [-0.05, 0) is 45.4 Å². The molecule has 1 N–H and O–H groups in total. The van der Waals surface area contributed by atoms with Gasteiger partial charge < -0.3 is 10.2 Å². The van der Waals surface area contributed by atoms with Crippen molar-refractivity contribution in [2.45, 2.75) is 32.2 Å². The fourth-order valence-electron chi connectivity index (χ4n) is 2.23. The van der Waals surface area contributed by atoms with Crippen molar-refractivity contribution in [3.63, 3.8) is 0 Å². The van der Waals surface area contributed by atoms with Crippen LogP contribution in [0.1, 0.15) is 33.0 Å². The van der Waals surface area contributed by atoms with Crippen LogP contribution >= 0.6 is 11.3 Å². The van der Waals surface area contributed by atoms with Crippen LogP contribution in [-0.4, -0.2) is 36.5 Å². The van der Waals surface area contributed by atoms with Gasteiger partial charge in [0.05, 0.1) is 10.9 Å². The number of likely N-dealkylation sites (tertiary alicyclic amines) is 1. The predicted molar refractivity (Wildman–Crippen MR) is 76.3 cm³/mol. The number of thiophene rings is 1. The van der Waals surface area contributed by atoms with E-state index in [-0.39, 0.29) is 5.91 Å². The molecule has 0 aromatic carbocycles. The van der Waals surface area contributed by atoms with Gasteiger partial charge in [-0.15, -0.1) is 11.3 Å². The van der Waals surface area contributed by atoms with E-state index in [1.807, 2.05) is 27.0 Å². The van der Waals surface area contributed by atoms with E-state index in [1.54, 1.807) is 0 Å². The van der Waals surface area contributed by atoms with Gasteiger partial charge in [-0.2, -0.15) is 5.26 Å². The van der Waals surface area contributed by atoms with Crippen molar-refractivity contribution in [1.82, 2.24) is 10.2 Å². The summed E-state index contributed by atoms with van der Waals surface area (Å²) >= 11 is 1.49. The Kier molecular flexibility index (Phi) is 3.93. The first kappa shape index (κ1) is 14.0. The largest absolute Gasteiger partial charge is 0.333 e. The molecule has 1 saturated heterocycles. The van der Waals surface area contributed by atoms with Gasteiger partial charge in [-0.3, -0.25) is 4.79 Å². The van der Waals surface area contributed by atoms with Gasteiger partial charge in [0.15, 0.2) is 0 Å². The minimum atomic E-state index is -0.699. The maximum Gasteiger partial charge on any atom is 0.262 e. The van der Waals surface area contributed by atoms with E-state index < -0.39 is 5.54 Å². The molecule has 0 aliphatic carbocycles. The van der Waals surface area contributed by atoms with Crippen LogP contribution < -0.4 is 5.32 Å². The lowest BCUT2D eigenvalue weighted by Crippen LogP contribution is -2.53. The molecule has 1 aromatic rings. The fraction of sp³-hybridized carbons (Fsp3) is 0.571. The molecule has 4 nitrogen and oxygen atoms in total. The number of nitrogens with zero attached hydrogens (tertiary/aromatic N) is 2. The highest BCUT2D eigenvalue weighted by Crippen LogP contribution is 2.24. The topological polar surface area (TPSA) is 56.1 Å². The fourth-order valence-corrected chi connectivity index (χ4v) is 3.16. The summed E-state index contributed by atoms with van der Waals surface area (Å²) in [5.41, 5.74) is 0.430. The Bertz CT molecular complexity index is 502. The van der Waals surface area contributed by atoms with Gasteiger partial charge in [0.1, 0.15) is 5.54 Å². The number of hydrogen-bond donors (Lipinski definition) is 1. The number of nitrogens with one attached hydrogen (secondary N) is 1. The summed E-state index contributed by atoms with van der Waals surface area (Å²) in [4.78, 5) is 16.3. The highest BCUT2D eigenvalue weighted by molar-refractivity contribution is 7.14. The number of amides is 1. The molecular weight excluding hydrogens is 258 g/mol. The molecule has 102 valence electrons. The third-order valence-corrected chi connectivity index (χ3v) is 4.95. The van der Waals surface area contributed by atoms with E-state index in [2.05, 4.69) is 16.3 Å². The van der Waals surface area contributed by atoms with Crippen molar-refractivity contribution < 1.29 is 4.79 Å². The van der Waals surface area contributed by atoms with E-state index in [9.17, 15) is 10.1 Å². The highest BCUT2D eigenvalue weighted by Gasteiger charge is 2.35. The normalized spacial score (nSPS) is 18.8. The molecule has 0 unspecified atom stereocenters. The second-order valence-electron chi connectivity index (χ2n) is 5.30. The minimum Gasteiger partial charge on any atom is -0.333 e. The van der Waals surface area contributed by atoms with E-state index >= 15 is 0 Å².